The van der Waals surface area contributed by atoms with Crippen molar-refractivity contribution in [2.75, 3.05) is 19.6 Å². The lowest BCUT2D eigenvalue weighted by Gasteiger charge is -2.29. The van der Waals surface area contributed by atoms with Crippen LogP contribution in [-0.2, 0) is 0 Å². The molecule has 2 rings (SSSR count). The first kappa shape index (κ1) is 17.5. The highest BCUT2D eigenvalue weighted by atomic mass is 16.6. The van der Waals surface area contributed by atoms with Gasteiger partial charge in [0.25, 0.3) is 5.69 Å². The monoisotopic (exact) mass is 337 g/mol. The number of carbonyl (C=O) groups excluding carboxylic acids is 1. The van der Waals surface area contributed by atoms with Gasteiger partial charge in [0, 0.05) is 31.8 Å². The molecule has 9 heteroatoms. The van der Waals surface area contributed by atoms with Crippen molar-refractivity contribution in [3.63, 3.8) is 0 Å². The molecule has 1 saturated heterocycles. The number of rotatable bonds is 5. The number of nitro benzene ring substituents is 1. The van der Waals surface area contributed by atoms with E-state index in [4.69, 9.17) is 9.84 Å². The molecule has 0 spiro atoms. The third-order valence-electron chi connectivity index (χ3n) is 3.97. The molecule has 0 bridgehead atoms. The summed E-state index contributed by atoms with van der Waals surface area (Å²) < 4.78 is 5.03. The number of piperidine rings is 1. The number of nitrogens with zero attached hydrogens (tertiary/aromatic N) is 2. The van der Waals surface area contributed by atoms with Crippen LogP contribution < -0.4 is 10.1 Å². The fraction of sp³-hybridized carbons (Fsp3) is 0.467. The lowest BCUT2D eigenvalue weighted by Crippen LogP contribution is -2.38. The Morgan fingerprint density at radius 2 is 1.92 bits per heavy atom. The number of likely N-dealkylation sites (tertiary alicyclic amines) is 1. The quantitative estimate of drug-likeness (QED) is 0.628. The zero-order chi connectivity index (χ0) is 17.5. The van der Waals surface area contributed by atoms with E-state index in [9.17, 15) is 19.7 Å². The van der Waals surface area contributed by atoms with Crippen molar-refractivity contribution in [1.82, 2.24) is 10.2 Å². The van der Waals surface area contributed by atoms with E-state index < -0.39 is 17.1 Å². The van der Waals surface area contributed by atoms with Crippen LogP contribution in [-0.4, -0.2) is 46.8 Å². The molecule has 0 saturated carbocycles. The minimum Gasteiger partial charge on any atom is -0.465 e. The van der Waals surface area contributed by atoms with Gasteiger partial charge in [0.1, 0.15) is 5.75 Å². The third kappa shape index (κ3) is 5.11. The summed E-state index contributed by atoms with van der Waals surface area (Å²) in [5.41, 5.74) is -0.0736. The maximum Gasteiger partial charge on any atom is 0.412 e. The standard InChI is InChI=1S/C15H19N3O6/c19-14(24-13-3-1-12(2-4-13)18(22)23)16-8-5-11-6-9-17(10-7-11)15(20)21/h1-4,11H,5-10H2,(H,16,19)(H,20,21). The number of amides is 2. The molecular weight excluding hydrogens is 318 g/mol. The van der Waals surface area contributed by atoms with Crippen molar-refractivity contribution >= 4 is 17.9 Å². The second-order valence-corrected chi connectivity index (χ2v) is 5.57. The Bertz CT molecular complexity index is 596. The van der Waals surface area contributed by atoms with Crippen LogP contribution in [0.1, 0.15) is 19.3 Å². The number of hydrogen-bond acceptors (Lipinski definition) is 5. The Hall–Kier alpha value is -2.84. The lowest BCUT2D eigenvalue weighted by atomic mass is 9.94. The smallest absolute Gasteiger partial charge is 0.412 e. The minimum absolute atomic E-state index is 0.0736. The van der Waals surface area contributed by atoms with Gasteiger partial charge >= 0.3 is 12.2 Å². The molecular formula is C15H19N3O6. The number of non-ortho nitro benzene ring substituents is 1. The fourth-order valence-electron chi connectivity index (χ4n) is 2.57. The number of nitro groups is 1. The Morgan fingerprint density at radius 3 is 2.46 bits per heavy atom. The molecule has 130 valence electrons. The molecule has 1 heterocycles. The molecule has 24 heavy (non-hydrogen) atoms. The summed E-state index contributed by atoms with van der Waals surface area (Å²) in [4.78, 5) is 33.9. The summed E-state index contributed by atoms with van der Waals surface area (Å²) in [7, 11) is 0. The average molecular weight is 337 g/mol. The van der Waals surface area contributed by atoms with Gasteiger partial charge in [-0.1, -0.05) is 0 Å². The maximum absolute atomic E-state index is 11.7. The molecule has 0 aliphatic carbocycles. The molecule has 0 radical (unpaired) electrons. The minimum atomic E-state index is -0.891. The summed E-state index contributed by atoms with van der Waals surface area (Å²) in [5, 5.41) is 22.0. The predicted octanol–water partition coefficient (Wildman–Crippen LogP) is 2.46. The van der Waals surface area contributed by atoms with Gasteiger partial charge in [0.15, 0.2) is 0 Å². The number of hydrogen-bond donors (Lipinski definition) is 2. The van der Waals surface area contributed by atoms with Gasteiger partial charge in [-0.2, -0.15) is 0 Å². The molecule has 1 aliphatic heterocycles. The second-order valence-electron chi connectivity index (χ2n) is 5.57. The molecule has 0 aromatic heterocycles. The highest BCUT2D eigenvalue weighted by molar-refractivity contribution is 5.70. The van der Waals surface area contributed by atoms with Gasteiger partial charge < -0.3 is 20.1 Å². The van der Waals surface area contributed by atoms with E-state index in [1.54, 1.807) is 0 Å². The number of benzene rings is 1. The molecule has 2 N–H and O–H groups in total. The number of ether oxygens (including phenoxy) is 1. The van der Waals surface area contributed by atoms with Crippen LogP contribution >= 0.6 is 0 Å². The molecule has 9 nitrogen and oxygen atoms in total. The van der Waals surface area contributed by atoms with Crippen LogP contribution in [0.25, 0.3) is 0 Å². The van der Waals surface area contributed by atoms with Gasteiger partial charge in [0.2, 0.25) is 0 Å². The Balaban J connectivity index is 1.66. The molecule has 2 amide bonds. The molecule has 0 atom stereocenters. The van der Waals surface area contributed by atoms with Gasteiger partial charge in [-0.3, -0.25) is 10.1 Å². The highest BCUT2D eigenvalue weighted by Gasteiger charge is 2.22. The van der Waals surface area contributed by atoms with Crippen LogP contribution in [0.2, 0.25) is 0 Å². The number of carbonyl (C=O) groups is 2. The highest BCUT2D eigenvalue weighted by Crippen LogP contribution is 2.20. The van der Waals surface area contributed by atoms with Crippen LogP contribution in [0, 0.1) is 16.0 Å². The van der Waals surface area contributed by atoms with E-state index >= 15 is 0 Å². The normalized spacial score (nSPS) is 14.9. The van der Waals surface area contributed by atoms with Gasteiger partial charge in [-0.05, 0) is 37.3 Å². The van der Waals surface area contributed by atoms with E-state index in [2.05, 4.69) is 5.32 Å². The van der Waals surface area contributed by atoms with E-state index in [0.29, 0.717) is 25.6 Å². The molecule has 1 fully saturated rings. The van der Waals surface area contributed by atoms with Gasteiger partial charge in [0.05, 0.1) is 4.92 Å². The van der Waals surface area contributed by atoms with Crippen molar-refractivity contribution in [1.29, 1.82) is 0 Å². The number of nitrogens with one attached hydrogen (secondary N) is 1. The van der Waals surface area contributed by atoms with E-state index in [1.165, 1.54) is 29.2 Å². The molecule has 1 aromatic carbocycles. The first-order chi connectivity index (χ1) is 11.5. The van der Waals surface area contributed by atoms with Gasteiger partial charge in [-0.15, -0.1) is 0 Å². The summed E-state index contributed by atoms with van der Waals surface area (Å²) in [5.74, 6) is 0.605. The summed E-state index contributed by atoms with van der Waals surface area (Å²) in [6, 6.07) is 5.25. The Morgan fingerprint density at radius 1 is 1.29 bits per heavy atom. The van der Waals surface area contributed by atoms with Gasteiger partial charge in [-0.25, -0.2) is 9.59 Å². The second kappa shape index (κ2) is 8.14. The zero-order valence-corrected chi connectivity index (χ0v) is 13.0. The fourth-order valence-corrected chi connectivity index (χ4v) is 2.57. The van der Waals surface area contributed by atoms with Crippen LogP contribution in [0.3, 0.4) is 0 Å². The zero-order valence-electron chi connectivity index (χ0n) is 13.0. The summed E-state index contributed by atoms with van der Waals surface area (Å²) >= 11 is 0. The molecule has 1 aromatic rings. The van der Waals surface area contributed by atoms with E-state index in [-0.39, 0.29) is 11.4 Å². The van der Waals surface area contributed by atoms with Crippen molar-refractivity contribution in [2.45, 2.75) is 19.3 Å². The largest absolute Gasteiger partial charge is 0.465 e. The van der Waals surface area contributed by atoms with Crippen LogP contribution in [0.15, 0.2) is 24.3 Å². The third-order valence-corrected chi connectivity index (χ3v) is 3.97. The van der Waals surface area contributed by atoms with Crippen LogP contribution in [0.5, 0.6) is 5.75 Å². The average Bonchev–Trinajstić information content (AvgIpc) is 2.55. The summed E-state index contributed by atoms with van der Waals surface area (Å²) in [6.45, 7) is 1.48. The Kier molecular flexibility index (Phi) is 5.94. The van der Waals surface area contributed by atoms with E-state index in [0.717, 1.165) is 19.3 Å². The van der Waals surface area contributed by atoms with Crippen molar-refractivity contribution < 1.29 is 24.4 Å². The SMILES string of the molecule is O=C(NCCC1CCN(C(=O)O)CC1)Oc1ccc([N+](=O)[O-])cc1. The number of carboxylic acid groups (broad SMARTS) is 1. The molecule has 1 aliphatic rings. The predicted molar refractivity (Wildman–Crippen MR) is 84.1 cm³/mol. The van der Waals surface area contributed by atoms with Crippen molar-refractivity contribution in [3.8, 4) is 5.75 Å². The van der Waals surface area contributed by atoms with Crippen molar-refractivity contribution in [3.05, 3.63) is 34.4 Å². The lowest BCUT2D eigenvalue weighted by molar-refractivity contribution is -0.384. The topological polar surface area (TPSA) is 122 Å². The Labute approximate surface area is 138 Å². The molecule has 0 unspecified atom stereocenters. The van der Waals surface area contributed by atoms with Crippen LogP contribution in [0.4, 0.5) is 15.3 Å². The summed E-state index contributed by atoms with van der Waals surface area (Å²) in [6.07, 6.45) is 0.810. The van der Waals surface area contributed by atoms with Crippen molar-refractivity contribution in [2.24, 2.45) is 5.92 Å². The maximum atomic E-state index is 11.7. The van der Waals surface area contributed by atoms with E-state index in [1.807, 2.05) is 0 Å². The first-order valence-corrected chi connectivity index (χ1v) is 7.63. The first-order valence-electron chi connectivity index (χ1n) is 7.63.